The molecule has 0 aromatic rings. The number of carbonyl (C=O) groups excluding carboxylic acids is 1. The van der Waals surface area contributed by atoms with E-state index in [1.807, 2.05) is 0 Å². The van der Waals surface area contributed by atoms with E-state index < -0.39 is 6.03 Å². The molecule has 4 nitrogen and oxygen atoms in total. The molecule has 2 amide bonds. The number of urea groups is 1. The summed E-state index contributed by atoms with van der Waals surface area (Å²) in [6, 6.07) is 0.271. The minimum atomic E-state index is -0.947. The van der Waals surface area contributed by atoms with Crippen molar-refractivity contribution in [2.75, 3.05) is 0 Å². The number of amides is 2. The predicted octanol–water partition coefficient (Wildman–Crippen LogP) is -0.194. The molecule has 0 aliphatic rings. The van der Waals surface area contributed by atoms with Crippen molar-refractivity contribution >= 4 is 12.0 Å². The zero-order valence-electron chi connectivity index (χ0n) is 3.18. The van der Waals surface area contributed by atoms with E-state index in [9.17, 15) is 4.79 Å². The third kappa shape index (κ3) is 10.7. The molecule has 42 valence electrons. The molecule has 0 fully saturated rings. The minimum absolute atomic E-state index is 0. The molecule has 0 aliphatic carbocycles. The summed E-state index contributed by atoms with van der Waals surface area (Å²) in [5.41, 5.74) is 4.37. The fourth-order valence-electron chi connectivity index (χ4n) is 0.0493. The molecule has 0 spiro atoms. The number of rotatable bonds is 0. The first kappa shape index (κ1) is 9.77. The third-order valence-corrected chi connectivity index (χ3v) is 0.160. The number of carbonyl (C=O) groups is 1. The van der Waals surface area contributed by atoms with Gasteiger partial charge in [0, 0.05) is 0 Å². The Bertz CT molecular complexity index is 106. The summed E-state index contributed by atoms with van der Waals surface area (Å²) in [7, 11) is 0. The smallest absolute Gasteiger partial charge is 0.422 e. The van der Waals surface area contributed by atoms with E-state index in [1.165, 1.54) is 6.01 Å². The average Bonchev–Trinajstić information content (AvgIpc) is 1.35. The van der Waals surface area contributed by atoms with E-state index in [2.05, 4.69) is 10.7 Å². The van der Waals surface area contributed by atoms with Crippen molar-refractivity contribution in [1.82, 2.24) is 0 Å². The number of hydrogen-bond acceptors (Lipinski definition) is 1. The van der Waals surface area contributed by atoms with Gasteiger partial charge in [-0.2, -0.15) is 0 Å². The molecule has 0 saturated carbocycles. The number of nitrogens with zero attached hydrogens (tertiary/aromatic N) is 2. The van der Waals surface area contributed by atoms with Gasteiger partial charge in [-0.15, -0.1) is 6.01 Å². The molecule has 0 rings (SSSR count). The summed E-state index contributed by atoms with van der Waals surface area (Å²) < 4.78 is 0. The summed E-state index contributed by atoms with van der Waals surface area (Å²) >= 11 is 0. The third-order valence-electron chi connectivity index (χ3n) is 0.160. The number of nitrogens with two attached hydrogens (primary N) is 1. The summed E-state index contributed by atoms with van der Waals surface area (Å²) in [6.45, 7) is 0. The van der Waals surface area contributed by atoms with E-state index in [4.69, 9.17) is 5.41 Å². The van der Waals surface area contributed by atoms with Gasteiger partial charge in [-0.25, -0.2) is 0 Å². The maximum atomic E-state index is 9.43. The molecule has 0 saturated heterocycles. The Morgan fingerprint density at radius 1 is 1.86 bits per heavy atom. The van der Waals surface area contributed by atoms with Gasteiger partial charge >= 0.3 is 22.4 Å². The van der Waals surface area contributed by atoms with Crippen molar-refractivity contribution in [3.8, 4) is 0 Å². The molecule has 0 bridgehead atoms. The van der Waals surface area contributed by atoms with E-state index in [0.717, 1.165) is 0 Å². The van der Waals surface area contributed by atoms with Gasteiger partial charge in [0.1, 0.15) is 0 Å². The second kappa shape index (κ2) is 5.59. The van der Waals surface area contributed by atoms with Crippen molar-refractivity contribution in [2.45, 2.75) is 0 Å². The van der Waals surface area contributed by atoms with Crippen LogP contribution in [-0.2, 0) is 22.4 Å². The molecule has 0 atom stereocenters. The van der Waals surface area contributed by atoms with Crippen LogP contribution in [0.3, 0.4) is 0 Å². The van der Waals surface area contributed by atoms with Gasteiger partial charge in [0.05, 0.1) is 0 Å². The molecule has 2 N–H and O–H groups in total. The molecular weight excluding hydrogens is 190 g/mol. The van der Waals surface area contributed by atoms with Crippen LogP contribution in [0, 0.1) is 0 Å². The maximum absolute atomic E-state index is 9.43. The zero-order valence-corrected chi connectivity index (χ0v) is 4.66. The van der Waals surface area contributed by atoms with Gasteiger partial charge in [0.2, 0.25) is 6.03 Å². The second-order valence-electron chi connectivity index (χ2n) is 0.550. The standard InChI is InChI=1S/C2H2N3O.Ag/c3-1-5-2(4)6;/h(H2,4,6);/q-1;+1. The average molecular weight is 192 g/mol. The van der Waals surface area contributed by atoms with Gasteiger partial charge < -0.3 is 16.1 Å². The number of hydrogen-bond donors (Lipinski definition) is 1. The van der Waals surface area contributed by atoms with Crippen LogP contribution in [0.1, 0.15) is 0 Å². The summed E-state index contributed by atoms with van der Waals surface area (Å²) in [4.78, 5) is 12.0. The summed E-state index contributed by atoms with van der Waals surface area (Å²) in [5.74, 6) is 0. The van der Waals surface area contributed by atoms with Crippen LogP contribution in [0.5, 0.6) is 0 Å². The van der Waals surface area contributed by atoms with E-state index in [1.54, 1.807) is 0 Å². The Morgan fingerprint density at radius 3 is 2.29 bits per heavy atom. The quantitative estimate of drug-likeness (QED) is 0.418. The first-order valence-electron chi connectivity index (χ1n) is 1.16. The largest absolute Gasteiger partial charge is 1.00 e. The van der Waals surface area contributed by atoms with Gasteiger partial charge in [-0.05, 0) is 0 Å². The molecule has 0 aliphatic heterocycles. The SMILES string of the molecule is [Ag+].[N-]=C=NC(N)=O. The topological polar surface area (TPSA) is 77.8 Å². The molecule has 7 heavy (non-hydrogen) atoms. The first-order valence-corrected chi connectivity index (χ1v) is 1.16. The zero-order chi connectivity index (χ0) is 4.99. The second-order valence-corrected chi connectivity index (χ2v) is 0.550. The normalized spacial score (nSPS) is 5.14. The fourth-order valence-corrected chi connectivity index (χ4v) is 0.0493. The van der Waals surface area contributed by atoms with Crippen molar-refractivity contribution in [1.29, 1.82) is 0 Å². The number of aliphatic imine (C=N–C) groups is 1. The Labute approximate surface area is 55.8 Å². The van der Waals surface area contributed by atoms with Crippen molar-refractivity contribution < 1.29 is 27.2 Å². The Kier molecular flexibility index (Phi) is 7.81. The van der Waals surface area contributed by atoms with E-state index >= 15 is 0 Å². The molecule has 5 heteroatoms. The van der Waals surface area contributed by atoms with Crippen LogP contribution in [0.15, 0.2) is 4.99 Å². The van der Waals surface area contributed by atoms with Crippen LogP contribution in [0.4, 0.5) is 4.79 Å². The van der Waals surface area contributed by atoms with Gasteiger partial charge in [-0.3, -0.25) is 4.79 Å². The monoisotopic (exact) mass is 191 g/mol. The Balaban J connectivity index is 0. The van der Waals surface area contributed by atoms with Crippen LogP contribution in [0.2, 0.25) is 0 Å². The fraction of sp³-hybridized carbons (Fsp3) is 0. The Hall–Kier alpha value is -0.410. The van der Waals surface area contributed by atoms with Gasteiger partial charge in [-0.1, -0.05) is 0 Å². The Morgan fingerprint density at radius 2 is 2.29 bits per heavy atom. The molecule has 0 aromatic heterocycles. The van der Waals surface area contributed by atoms with E-state index in [-0.39, 0.29) is 22.4 Å². The minimum Gasteiger partial charge on any atom is -0.422 e. The summed E-state index contributed by atoms with van der Waals surface area (Å²) in [5, 5.41) is 7.52. The van der Waals surface area contributed by atoms with Crippen LogP contribution in [-0.4, -0.2) is 12.0 Å². The van der Waals surface area contributed by atoms with Crippen molar-refractivity contribution in [3.63, 3.8) is 0 Å². The van der Waals surface area contributed by atoms with Crippen LogP contribution < -0.4 is 5.73 Å². The summed E-state index contributed by atoms with van der Waals surface area (Å²) in [6.07, 6.45) is 0. The van der Waals surface area contributed by atoms with Crippen molar-refractivity contribution in [2.24, 2.45) is 10.7 Å². The molecular formula is C2H2AgN3O. The van der Waals surface area contributed by atoms with Gasteiger partial charge in [0.25, 0.3) is 0 Å². The predicted molar refractivity (Wildman–Crippen MR) is 20.4 cm³/mol. The van der Waals surface area contributed by atoms with Crippen molar-refractivity contribution in [3.05, 3.63) is 5.41 Å². The van der Waals surface area contributed by atoms with Gasteiger partial charge in [0.15, 0.2) is 0 Å². The molecule has 0 aromatic carbocycles. The molecule has 0 unspecified atom stereocenters. The number of primary amides is 1. The van der Waals surface area contributed by atoms with Crippen LogP contribution >= 0.6 is 0 Å². The van der Waals surface area contributed by atoms with E-state index in [0.29, 0.717) is 0 Å². The molecule has 0 radical (unpaired) electrons. The van der Waals surface area contributed by atoms with Crippen LogP contribution in [0.25, 0.3) is 5.41 Å². The maximum Gasteiger partial charge on any atom is 1.00 e. The first-order chi connectivity index (χ1) is 2.77. The molecule has 0 heterocycles.